The molecule has 194 valence electrons. The molecule has 0 aliphatic carbocycles. The molecule has 3 N–H and O–H groups in total. The Morgan fingerprint density at radius 2 is 1.61 bits per heavy atom. The second-order valence-corrected chi connectivity index (χ2v) is 10.0. The molecule has 5 aromatic rings. The Labute approximate surface area is 222 Å². The molecule has 2 heterocycles. The average molecular weight is 509 g/mol. The van der Waals surface area contributed by atoms with Crippen molar-refractivity contribution >= 4 is 22.8 Å². The summed E-state index contributed by atoms with van der Waals surface area (Å²) in [5.41, 5.74) is 9.62. The highest BCUT2D eigenvalue weighted by Gasteiger charge is 2.24. The Morgan fingerprint density at radius 1 is 0.868 bits per heavy atom. The molecule has 0 aliphatic rings. The molecule has 3 aromatic carbocycles. The van der Waals surface area contributed by atoms with Gasteiger partial charge in [-0.1, -0.05) is 42.5 Å². The van der Waals surface area contributed by atoms with Crippen LogP contribution in [0.1, 0.15) is 26.3 Å². The molecule has 0 bridgehead atoms. The van der Waals surface area contributed by atoms with Crippen LogP contribution in [-0.2, 0) is 12.0 Å². The lowest BCUT2D eigenvalue weighted by atomic mass is 10.1. The number of para-hydroxylation sites is 1. The van der Waals surface area contributed by atoms with Crippen LogP contribution in [0.3, 0.4) is 0 Å². The number of nitrogens with zero attached hydrogens (tertiary/aromatic N) is 4. The lowest BCUT2D eigenvalue weighted by Crippen LogP contribution is -2.24. The van der Waals surface area contributed by atoms with Crippen LogP contribution in [0.25, 0.3) is 22.3 Å². The molecule has 8 heteroatoms. The van der Waals surface area contributed by atoms with Crippen molar-refractivity contribution in [2.45, 2.75) is 32.7 Å². The maximum atomic E-state index is 6.63. The molecule has 0 amide bonds. The molecule has 2 aromatic heterocycles. The van der Waals surface area contributed by atoms with E-state index in [1.807, 2.05) is 66.7 Å². The van der Waals surface area contributed by atoms with E-state index < -0.39 is 0 Å². The van der Waals surface area contributed by atoms with Crippen LogP contribution in [-0.4, -0.2) is 33.4 Å². The summed E-state index contributed by atoms with van der Waals surface area (Å²) >= 11 is 0. The summed E-state index contributed by atoms with van der Waals surface area (Å²) < 4.78 is 13.1. The summed E-state index contributed by atoms with van der Waals surface area (Å²) in [6, 6.07) is 25.5. The van der Waals surface area contributed by atoms with E-state index in [0.717, 1.165) is 28.9 Å². The lowest BCUT2D eigenvalue weighted by molar-refractivity contribution is 0.364. The zero-order chi connectivity index (χ0) is 26.7. The van der Waals surface area contributed by atoms with Crippen LogP contribution >= 0.6 is 0 Å². The van der Waals surface area contributed by atoms with Crippen LogP contribution in [0.4, 0.5) is 11.8 Å². The van der Waals surface area contributed by atoms with E-state index in [9.17, 15) is 0 Å². The van der Waals surface area contributed by atoms with Gasteiger partial charge in [0.05, 0.1) is 23.7 Å². The molecule has 0 aliphatic heterocycles. The molecule has 0 saturated carbocycles. The second kappa shape index (κ2) is 10.4. The van der Waals surface area contributed by atoms with Crippen molar-refractivity contribution in [3.63, 3.8) is 0 Å². The van der Waals surface area contributed by atoms with E-state index in [1.54, 1.807) is 11.8 Å². The number of benzene rings is 3. The van der Waals surface area contributed by atoms with Crippen molar-refractivity contribution in [3.05, 3.63) is 84.4 Å². The fourth-order valence-electron chi connectivity index (χ4n) is 4.25. The SMILES string of the molecule is COc1ccc(CCNc2nc(-c3cccc(Oc4ccccc4)c3)c3c(N)n(C(C)(C)C)nc3n2)cc1. The van der Waals surface area contributed by atoms with Gasteiger partial charge in [0.2, 0.25) is 5.95 Å². The second-order valence-electron chi connectivity index (χ2n) is 10.0. The fourth-order valence-corrected chi connectivity index (χ4v) is 4.25. The smallest absolute Gasteiger partial charge is 0.225 e. The van der Waals surface area contributed by atoms with Gasteiger partial charge in [-0.05, 0) is 69.2 Å². The highest BCUT2D eigenvalue weighted by molar-refractivity contribution is 5.99. The summed E-state index contributed by atoms with van der Waals surface area (Å²) in [5, 5.41) is 8.85. The number of hydrogen-bond acceptors (Lipinski definition) is 7. The summed E-state index contributed by atoms with van der Waals surface area (Å²) in [5.74, 6) is 3.33. The normalized spacial score (nSPS) is 11.5. The molecule has 8 nitrogen and oxygen atoms in total. The van der Waals surface area contributed by atoms with Gasteiger partial charge < -0.3 is 20.5 Å². The topological polar surface area (TPSA) is 100 Å². The Bertz CT molecular complexity index is 1540. The van der Waals surface area contributed by atoms with Crippen molar-refractivity contribution in [1.82, 2.24) is 19.7 Å². The first-order valence-electron chi connectivity index (χ1n) is 12.6. The molecular weight excluding hydrogens is 476 g/mol. The zero-order valence-electron chi connectivity index (χ0n) is 22.1. The quantitative estimate of drug-likeness (QED) is 0.254. The molecule has 0 atom stereocenters. The van der Waals surface area contributed by atoms with Crippen molar-refractivity contribution in [1.29, 1.82) is 0 Å². The highest BCUT2D eigenvalue weighted by Crippen LogP contribution is 2.35. The first-order valence-corrected chi connectivity index (χ1v) is 12.6. The maximum absolute atomic E-state index is 6.63. The Morgan fingerprint density at radius 3 is 2.32 bits per heavy atom. The van der Waals surface area contributed by atoms with Gasteiger partial charge in [0.1, 0.15) is 23.1 Å². The molecule has 0 spiro atoms. The van der Waals surface area contributed by atoms with E-state index >= 15 is 0 Å². The Kier molecular flexibility index (Phi) is 6.87. The number of hydrogen-bond donors (Lipinski definition) is 2. The van der Waals surface area contributed by atoms with Crippen molar-refractivity contribution in [2.24, 2.45) is 0 Å². The third kappa shape index (κ3) is 5.39. The highest BCUT2D eigenvalue weighted by atomic mass is 16.5. The van der Waals surface area contributed by atoms with Crippen LogP contribution in [0.5, 0.6) is 17.2 Å². The third-order valence-electron chi connectivity index (χ3n) is 6.15. The minimum atomic E-state index is -0.317. The molecule has 0 unspecified atom stereocenters. The minimum Gasteiger partial charge on any atom is -0.497 e. The number of nitrogens with one attached hydrogen (secondary N) is 1. The maximum Gasteiger partial charge on any atom is 0.225 e. The minimum absolute atomic E-state index is 0.317. The van der Waals surface area contributed by atoms with Gasteiger partial charge in [0, 0.05) is 12.1 Å². The number of methoxy groups -OCH3 is 1. The van der Waals surface area contributed by atoms with E-state index in [4.69, 9.17) is 30.3 Å². The third-order valence-corrected chi connectivity index (χ3v) is 6.15. The van der Waals surface area contributed by atoms with E-state index in [1.165, 1.54) is 5.56 Å². The van der Waals surface area contributed by atoms with E-state index in [0.29, 0.717) is 35.4 Å². The number of ether oxygens (including phenoxy) is 2. The Balaban J connectivity index is 1.50. The van der Waals surface area contributed by atoms with Crippen LogP contribution < -0.4 is 20.5 Å². The zero-order valence-corrected chi connectivity index (χ0v) is 22.1. The number of nitrogen functional groups attached to an aromatic ring is 1. The largest absolute Gasteiger partial charge is 0.497 e. The fraction of sp³-hybridized carbons (Fsp3) is 0.233. The molecule has 0 saturated heterocycles. The van der Waals surface area contributed by atoms with Crippen LogP contribution in [0.15, 0.2) is 78.9 Å². The van der Waals surface area contributed by atoms with Gasteiger partial charge in [-0.15, -0.1) is 5.10 Å². The predicted octanol–water partition coefficient (Wildman–Crippen LogP) is 6.29. The van der Waals surface area contributed by atoms with E-state index in [2.05, 4.69) is 38.2 Å². The van der Waals surface area contributed by atoms with Crippen molar-refractivity contribution in [2.75, 3.05) is 24.7 Å². The van der Waals surface area contributed by atoms with E-state index in [-0.39, 0.29) is 5.54 Å². The number of nitrogens with two attached hydrogens (primary N) is 1. The van der Waals surface area contributed by atoms with Gasteiger partial charge in [-0.3, -0.25) is 0 Å². The first-order chi connectivity index (χ1) is 18.3. The molecule has 38 heavy (non-hydrogen) atoms. The molecule has 0 fully saturated rings. The van der Waals surface area contributed by atoms with Gasteiger partial charge in [0.15, 0.2) is 5.65 Å². The monoisotopic (exact) mass is 508 g/mol. The molecular formula is C30H32N6O2. The summed E-state index contributed by atoms with van der Waals surface area (Å²) in [4.78, 5) is 9.62. The summed E-state index contributed by atoms with van der Waals surface area (Å²) in [7, 11) is 1.67. The summed E-state index contributed by atoms with van der Waals surface area (Å²) in [6.45, 7) is 6.84. The number of rotatable bonds is 8. The van der Waals surface area contributed by atoms with Crippen LogP contribution in [0, 0.1) is 0 Å². The number of anilines is 2. The molecule has 0 radical (unpaired) electrons. The van der Waals surface area contributed by atoms with Gasteiger partial charge in [-0.25, -0.2) is 9.67 Å². The van der Waals surface area contributed by atoms with Gasteiger partial charge in [-0.2, -0.15) is 4.98 Å². The van der Waals surface area contributed by atoms with Crippen molar-refractivity contribution in [3.8, 4) is 28.5 Å². The number of aromatic nitrogens is 4. The standard InChI is InChI=1S/C30H32N6O2/c1-30(2,3)36-27(31)25-26(21-9-8-12-24(19-21)38-23-10-6-5-7-11-23)33-29(34-28(25)35-36)32-18-17-20-13-15-22(37-4)16-14-20/h5-16,19H,17-18,31H2,1-4H3,(H,32,34,35). The van der Waals surface area contributed by atoms with Gasteiger partial charge >= 0.3 is 0 Å². The van der Waals surface area contributed by atoms with Crippen molar-refractivity contribution < 1.29 is 9.47 Å². The average Bonchev–Trinajstić information content (AvgIpc) is 3.26. The van der Waals surface area contributed by atoms with Crippen LogP contribution in [0.2, 0.25) is 0 Å². The summed E-state index contributed by atoms with van der Waals surface area (Å²) in [6.07, 6.45) is 0.805. The predicted molar refractivity (Wildman–Crippen MR) is 152 cm³/mol. The lowest BCUT2D eigenvalue weighted by Gasteiger charge is -2.20. The number of fused-ring (bicyclic) bond motifs is 1. The molecule has 5 rings (SSSR count). The Hall–Kier alpha value is -4.59. The first kappa shape index (κ1) is 25.1. The van der Waals surface area contributed by atoms with Gasteiger partial charge in [0.25, 0.3) is 0 Å².